The number of carbonyl (C=O) groups is 2. The van der Waals surface area contributed by atoms with E-state index in [9.17, 15) is 9.59 Å². The fraction of sp³-hybridized carbons (Fsp3) is 0.250. The van der Waals surface area contributed by atoms with Gasteiger partial charge in [0, 0.05) is 19.2 Å². The topological polar surface area (TPSA) is 64.6 Å². The predicted molar refractivity (Wildman–Crippen MR) is 83.8 cm³/mol. The maximum atomic E-state index is 12.3. The monoisotopic (exact) mass is 319 g/mol. The molecule has 1 N–H and O–H groups in total. The van der Waals surface area contributed by atoms with Gasteiger partial charge in [0.25, 0.3) is 5.91 Å². The van der Waals surface area contributed by atoms with Crippen molar-refractivity contribution in [2.24, 2.45) is 0 Å². The summed E-state index contributed by atoms with van der Waals surface area (Å²) >= 11 is 1.28. The molecule has 1 aromatic carbocycles. The molecule has 0 fully saturated rings. The first-order valence-electron chi connectivity index (χ1n) is 6.78. The van der Waals surface area contributed by atoms with E-state index in [1.165, 1.54) is 11.3 Å². The molecule has 5 nitrogen and oxygen atoms in total. The van der Waals surface area contributed by atoms with E-state index < -0.39 is 12.1 Å². The zero-order valence-electron chi connectivity index (χ0n) is 12.2. The predicted octanol–water partition coefficient (Wildman–Crippen LogP) is 2.41. The Labute approximate surface area is 132 Å². The van der Waals surface area contributed by atoms with E-state index in [-0.39, 0.29) is 5.91 Å². The molecule has 116 valence electrons. The molecule has 0 saturated heterocycles. The van der Waals surface area contributed by atoms with Gasteiger partial charge in [0.15, 0.2) is 0 Å². The average Bonchev–Trinajstić information content (AvgIpc) is 3.08. The summed E-state index contributed by atoms with van der Waals surface area (Å²) in [6.45, 7) is 0.751. The summed E-state index contributed by atoms with van der Waals surface area (Å²) in [5.41, 5.74) is 0.627. The first kappa shape index (κ1) is 16.2. The SMILES string of the molecule is COCCNC(=O)[C@@H](OC(=O)c1cccs1)c1ccccc1. The van der Waals surface area contributed by atoms with Gasteiger partial charge in [-0.05, 0) is 11.4 Å². The standard InChI is InChI=1S/C16H17NO4S/c1-20-10-9-17-15(18)14(12-6-3-2-4-7-12)21-16(19)13-8-5-11-22-13/h2-8,11,14H,9-10H2,1H3,(H,17,18)/t14-/m0/s1. The van der Waals surface area contributed by atoms with Crippen molar-refractivity contribution in [1.82, 2.24) is 5.32 Å². The molecule has 0 radical (unpaired) electrons. The van der Waals surface area contributed by atoms with Crippen LogP contribution in [-0.2, 0) is 14.3 Å². The summed E-state index contributed by atoms with van der Waals surface area (Å²) in [5, 5.41) is 4.48. The average molecular weight is 319 g/mol. The zero-order valence-corrected chi connectivity index (χ0v) is 13.0. The molecule has 6 heteroatoms. The van der Waals surface area contributed by atoms with Gasteiger partial charge in [-0.15, -0.1) is 11.3 Å². The Morgan fingerprint density at radius 1 is 1.18 bits per heavy atom. The van der Waals surface area contributed by atoms with Crippen LogP contribution in [0.1, 0.15) is 21.3 Å². The van der Waals surface area contributed by atoms with Crippen molar-refractivity contribution in [2.45, 2.75) is 6.10 Å². The van der Waals surface area contributed by atoms with Crippen molar-refractivity contribution in [2.75, 3.05) is 20.3 Å². The van der Waals surface area contributed by atoms with Gasteiger partial charge in [-0.1, -0.05) is 36.4 Å². The third-order valence-corrected chi connectivity index (χ3v) is 3.74. The van der Waals surface area contributed by atoms with Crippen LogP contribution in [0.2, 0.25) is 0 Å². The maximum absolute atomic E-state index is 12.3. The summed E-state index contributed by atoms with van der Waals surface area (Å²) < 4.78 is 10.3. The fourth-order valence-corrected chi connectivity index (χ4v) is 2.43. The number of esters is 1. The Morgan fingerprint density at radius 3 is 2.59 bits per heavy atom. The Bertz CT molecular complexity index is 598. The lowest BCUT2D eigenvalue weighted by Gasteiger charge is -2.17. The molecule has 1 atom stereocenters. The van der Waals surface area contributed by atoms with Crippen molar-refractivity contribution < 1.29 is 19.1 Å². The summed E-state index contributed by atoms with van der Waals surface area (Å²) in [5.74, 6) is -0.876. The third kappa shape index (κ3) is 4.41. The number of carbonyl (C=O) groups excluding carboxylic acids is 2. The number of rotatable bonds is 7. The molecular formula is C16H17NO4S. The molecule has 0 spiro atoms. The van der Waals surface area contributed by atoms with E-state index >= 15 is 0 Å². The number of methoxy groups -OCH3 is 1. The Kier molecular flexibility index (Phi) is 6.12. The van der Waals surface area contributed by atoms with Crippen LogP contribution in [0.5, 0.6) is 0 Å². The summed E-state index contributed by atoms with van der Waals surface area (Å²) in [4.78, 5) is 24.9. The second-order valence-corrected chi connectivity index (χ2v) is 5.40. The Balaban J connectivity index is 2.11. The van der Waals surface area contributed by atoms with Crippen LogP contribution in [0, 0.1) is 0 Å². The number of nitrogens with one attached hydrogen (secondary N) is 1. The number of ether oxygens (including phenoxy) is 2. The number of benzene rings is 1. The van der Waals surface area contributed by atoms with Gasteiger partial charge in [0.05, 0.1) is 6.61 Å². The smallest absolute Gasteiger partial charge is 0.349 e. The van der Waals surface area contributed by atoms with Crippen LogP contribution >= 0.6 is 11.3 Å². The molecule has 0 bridgehead atoms. The third-order valence-electron chi connectivity index (χ3n) is 2.89. The molecule has 1 amide bonds. The van der Waals surface area contributed by atoms with E-state index in [4.69, 9.17) is 9.47 Å². The largest absolute Gasteiger partial charge is 0.443 e. The first-order chi connectivity index (χ1) is 10.7. The lowest BCUT2D eigenvalue weighted by atomic mass is 10.1. The number of thiophene rings is 1. The highest BCUT2D eigenvalue weighted by molar-refractivity contribution is 7.11. The van der Waals surface area contributed by atoms with Gasteiger partial charge in [0.2, 0.25) is 6.10 Å². The summed E-state index contributed by atoms with van der Waals surface area (Å²) in [6.07, 6.45) is -0.979. The van der Waals surface area contributed by atoms with Crippen molar-refractivity contribution in [3.63, 3.8) is 0 Å². The van der Waals surface area contributed by atoms with Crippen molar-refractivity contribution in [1.29, 1.82) is 0 Å². The van der Waals surface area contributed by atoms with Gasteiger partial charge >= 0.3 is 5.97 Å². The molecule has 22 heavy (non-hydrogen) atoms. The van der Waals surface area contributed by atoms with E-state index in [1.54, 1.807) is 48.9 Å². The van der Waals surface area contributed by atoms with E-state index in [1.807, 2.05) is 6.07 Å². The first-order valence-corrected chi connectivity index (χ1v) is 7.66. The molecule has 1 aromatic heterocycles. The van der Waals surface area contributed by atoms with Crippen molar-refractivity contribution >= 4 is 23.2 Å². The highest BCUT2D eigenvalue weighted by Crippen LogP contribution is 2.21. The van der Waals surface area contributed by atoms with Crippen LogP contribution in [0.3, 0.4) is 0 Å². The number of hydrogen-bond acceptors (Lipinski definition) is 5. The minimum Gasteiger partial charge on any atom is -0.443 e. The van der Waals surface area contributed by atoms with Crippen molar-refractivity contribution in [3.8, 4) is 0 Å². The quantitative estimate of drug-likeness (QED) is 0.629. The second kappa shape index (κ2) is 8.31. The van der Waals surface area contributed by atoms with Crippen molar-refractivity contribution in [3.05, 3.63) is 58.3 Å². The Hall–Kier alpha value is -2.18. The molecule has 2 rings (SSSR count). The van der Waals surface area contributed by atoms with Gasteiger partial charge < -0.3 is 14.8 Å². The molecule has 2 aromatic rings. The molecule has 0 aliphatic carbocycles. The lowest BCUT2D eigenvalue weighted by molar-refractivity contribution is -0.130. The minimum atomic E-state index is -0.979. The van der Waals surface area contributed by atoms with Gasteiger partial charge in [-0.25, -0.2) is 4.79 Å². The van der Waals surface area contributed by atoms with Crippen LogP contribution in [0.4, 0.5) is 0 Å². The lowest BCUT2D eigenvalue weighted by Crippen LogP contribution is -2.34. The van der Waals surface area contributed by atoms with Crippen LogP contribution in [0.15, 0.2) is 47.8 Å². The molecule has 0 unspecified atom stereocenters. The Morgan fingerprint density at radius 2 is 1.95 bits per heavy atom. The highest BCUT2D eigenvalue weighted by atomic mass is 32.1. The zero-order chi connectivity index (χ0) is 15.8. The van der Waals surface area contributed by atoms with Crippen LogP contribution < -0.4 is 5.32 Å². The second-order valence-electron chi connectivity index (χ2n) is 4.46. The van der Waals surface area contributed by atoms with Crippen LogP contribution in [0.25, 0.3) is 0 Å². The van der Waals surface area contributed by atoms with E-state index in [0.717, 1.165) is 0 Å². The molecule has 0 aliphatic rings. The van der Waals surface area contributed by atoms with E-state index in [2.05, 4.69) is 5.32 Å². The fourth-order valence-electron chi connectivity index (χ4n) is 1.83. The normalized spacial score (nSPS) is 11.7. The van der Waals surface area contributed by atoms with E-state index in [0.29, 0.717) is 23.6 Å². The molecule has 0 saturated carbocycles. The molecule has 0 aliphatic heterocycles. The highest BCUT2D eigenvalue weighted by Gasteiger charge is 2.25. The number of amides is 1. The molecule has 1 heterocycles. The summed E-state index contributed by atoms with van der Waals surface area (Å²) in [7, 11) is 1.55. The summed E-state index contributed by atoms with van der Waals surface area (Å²) in [6, 6.07) is 12.4. The minimum absolute atomic E-state index is 0.356. The van der Waals surface area contributed by atoms with Crippen LogP contribution in [-0.4, -0.2) is 32.1 Å². The van der Waals surface area contributed by atoms with Gasteiger partial charge in [0.1, 0.15) is 4.88 Å². The number of hydrogen-bond donors (Lipinski definition) is 1. The van der Waals surface area contributed by atoms with Gasteiger partial charge in [-0.2, -0.15) is 0 Å². The van der Waals surface area contributed by atoms with Gasteiger partial charge in [-0.3, -0.25) is 4.79 Å². The maximum Gasteiger partial charge on any atom is 0.349 e. The molecular weight excluding hydrogens is 302 g/mol.